The van der Waals surface area contributed by atoms with Gasteiger partial charge < -0.3 is 0 Å². The number of hydrazone groups is 1. The van der Waals surface area contributed by atoms with E-state index in [-0.39, 0.29) is 28.1 Å². The molecule has 1 aliphatic heterocycles. The van der Waals surface area contributed by atoms with Gasteiger partial charge >= 0.3 is 0 Å². The number of imide groups is 1. The number of nitro groups is 1. The lowest BCUT2D eigenvalue weighted by Crippen LogP contribution is -2.36. The van der Waals surface area contributed by atoms with E-state index in [0.717, 1.165) is 24.3 Å². The maximum atomic E-state index is 12.8. The predicted molar refractivity (Wildman–Crippen MR) is 96.1 cm³/mol. The van der Waals surface area contributed by atoms with Crippen molar-refractivity contribution in [1.82, 2.24) is 5.01 Å². The molecule has 0 spiro atoms. The minimum absolute atomic E-state index is 0.128. The molecule has 7 nitrogen and oxygen atoms in total. The Morgan fingerprint density at radius 2 is 1.88 bits per heavy atom. The number of benzene rings is 2. The number of carbonyl (C=O) groups excluding carboxylic acids is 2. The van der Waals surface area contributed by atoms with Crippen LogP contribution in [-0.4, -0.2) is 28.0 Å². The summed E-state index contributed by atoms with van der Waals surface area (Å²) < 4.78 is 0. The normalized spacial score (nSPS) is 19.5. The Kier molecular flexibility index (Phi) is 3.84. The molecule has 7 heteroatoms. The lowest BCUT2D eigenvalue weighted by atomic mass is 9.94. The number of nitro benzene ring substituents is 1. The molecule has 1 aliphatic carbocycles. The van der Waals surface area contributed by atoms with Crippen molar-refractivity contribution in [2.24, 2.45) is 11.0 Å². The van der Waals surface area contributed by atoms with Crippen molar-refractivity contribution in [3.63, 3.8) is 0 Å². The lowest BCUT2D eigenvalue weighted by Gasteiger charge is -2.23. The van der Waals surface area contributed by atoms with Crippen LogP contribution in [0.5, 0.6) is 0 Å². The zero-order valence-electron chi connectivity index (χ0n) is 13.8. The van der Waals surface area contributed by atoms with Crippen LogP contribution in [0.4, 0.5) is 5.69 Å². The summed E-state index contributed by atoms with van der Waals surface area (Å²) in [4.78, 5) is 36.3. The minimum atomic E-state index is -0.559. The molecule has 2 amide bonds. The molecule has 2 aliphatic rings. The van der Waals surface area contributed by atoms with Gasteiger partial charge in [-0.1, -0.05) is 18.2 Å². The molecule has 0 aromatic heterocycles. The summed E-state index contributed by atoms with van der Waals surface area (Å²) in [6, 6.07) is 7.38. The Balaban J connectivity index is 1.79. The van der Waals surface area contributed by atoms with E-state index in [2.05, 4.69) is 17.3 Å². The number of hydrogen-bond donors (Lipinski definition) is 0. The van der Waals surface area contributed by atoms with E-state index in [1.54, 1.807) is 24.4 Å². The molecule has 0 saturated heterocycles. The minimum Gasteiger partial charge on any atom is -0.267 e. The Morgan fingerprint density at radius 3 is 2.58 bits per heavy atom. The van der Waals surface area contributed by atoms with Crippen molar-refractivity contribution in [3.8, 4) is 0 Å². The molecule has 0 fully saturated rings. The number of nitrogens with zero attached hydrogens (tertiary/aromatic N) is 3. The SMILES string of the molecule is O=C1c2cccc3c([N+](=O)[O-])ccc(c23)C(=O)N1/N=C\[C@H]1CC=CCC1. The molecule has 0 unspecified atom stereocenters. The first-order chi connectivity index (χ1) is 12.6. The molecule has 0 saturated carbocycles. The molecule has 4 rings (SSSR count). The summed E-state index contributed by atoms with van der Waals surface area (Å²) in [5.41, 5.74) is 0.375. The fourth-order valence-electron chi connectivity index (χ4n) is 3.45. The van der Waals surface area contributed by atoms with Crippen LogP contribution >= 0.6 is 0 Å². The third-order valence-electron chi connectivity index (χ3n) is 4.76. The van der Waals surface area contributed by atoms with E-state index in [9.17, 15) is 19.7 Å². The van der Waals surface area contributed by atoms with E-state index >= 15 is 0 Å². The van der Waals surface area contributed by atoms with Gasteiger partial charge in [0.05, 0.1) is 21.4 Å². The Hall–Kier alpha value is -3.35. The van der Waals surface area contributed by atoms with Crippen LogP contribution in [0.3, 0.4) is 0 Å². The van der Waals surface area contributed by atoms with Gasteiger partial charge in [-0.25, -0.2) is 0 Å². The molecule has 1 heterocycles. The maximum absolute atomic E-state index is 12.8. The zero-order valence-corrected chi connectivity index (χ0v) is 13.8. The van der Waals surface area contributed by atoms with Crippen LogP contribution in [-0.2, 0) is 0 Å². The fourth-order valence-corrected chi connectivity index (χ4v) is 3.45. The van der Waals surface area contributed by atoms with Crippen molar-refractivity contribution >= 4 is 34.5 Å². The summed E-state index contributed by atoms with van der Waals surface area (Å²) in [5, 5.41) is 16.9. The molecular formula is C19H15N3O4. The van der Waals surface area contributed by atoms with Crippen LogP contribution in [0.15, 0.2) is 47.6 Å². The number of hydrogen-bond acceptors (Lipinski definition) is 5. The van der Waals surface area contributed by atoms with Gasteiger partial charge in [-0.15, -0.1) is 0 Å². The number of non-ortho nitro benzene ring substituents is 1. The van der Waals surface area contributed by atoms with Gasteiger partial charge in [-0.3, -0.25) is 19.7 Å². The predicted octanol–water partition coefficient (Wildman–Crippen LogP) is 3.69. The summed E-state index contributed by atoms with van der Waals surface area (Å²) in [6.45, 7) is 0. The van der Waals surface area contributed by atoms with Crippen molar-refractivity contribution < 1.29 is 14.5 Å². The highest BCUT2D eigenvalue weighted by molar-refractivity contribution is 6.26. The Bertz CT molecular complexity index is 987. The third-order valence-corrected chi connectivity index (χ3v) is 4.76. The van der Waals surface area contributed by atoms with E-state index < -0.39 is 16.7 Å². The molecular weight excluding hydrogens is 334 g/mol. The summed E-state index contributed by atoms with van der Waals surface area (Å²) in [5.74, 6) is -0.929. The quantitative estimate of drug-likeness (QED) is 0.278. The molecule has 2 aromatic carbocycles. The zero-order chi connectivity index (χ0) is 18.3. The van der Waals surface area contributed by atoms with Gasteiger partial charge in [0.1, 0.15) is 0 Å². The maximum Gasteiger partial charge on any atom is 0.282 e. The largest absolute Gasteiger partial charge is 0.282 e. The van der Waals surface area contributed by atoms with Crippen LogP contribution in [0.25, 0.3) is 10.8 Å². The lowest BCUT2D eigenvalue weighted by molar-refractivity contribution is -0.383. The average molecular weight is 349 g/mol. The first-order valence-electron chi connectivity index (χ1n) is 8.36. The fraction of sp³-hybridized carbons (Fsp3) is 0.211. The second-order valence-corrected chi connectivity index (χ2v) is 6.35. The molecule has 26 heavy (non-hydrogen) atoms. The van der Waals surface area contributed by atoms with Crippen molar-refractivity contribution in [2.75, 3.05) is 0 Å². The van der Waals surface area contributed by atoms with Crippen molar-refractivity contribution in [1.29, 1.82) is 0 Å². The van der Waals surface area contributed by atoms with Crippen LogP contribution in [0.2, 0.25) is 0 Å². The van der Waals surface area contributed by atoms with Gasteiger partial charge in [0.2, 0.25) is 0 Å². The third kappa shape index (κ3) is 2.48. The Labute approximate surface area is 148 Å². The Morgan fingerprint density at radius 1 is 1.12 bits per heavy atom. The first-order valence-corrected chi connectivity index (χ1v) is 8.36. The van der Waals surface area contributed by atoms with E-state index in [1.165, 1.54) is 12.1 Å². The summed E-state index contributed by atoms with van der Waals surface area (Å²) in [6.07, 6.45) is 8.52. The van der Waals surface area contributed by atoms with Gasteiger partial charge in [-0.2, -0.15) is 10.1 Å². The molecule has 2 aromatic rings. The smallest absolute Gasteiger partial charge is 0.267 e. The van der Waals surface area contributed by atoms with Gasteiger partial charge in [0.15, 0.2) is 0 Å². The molecule has 130 valence electrons. The average Bonchev–Trinajstić information content (AvgIpc) is 2.66. The molecule has 1 atom stereocenters. The standard InChI is InChI=1S/C19H15N3O4/c23-18-14-8-4-7-13-16(22(25)26)10-9-15(17(13)14)19(24)21(18)20-11-12-5-2-1-3-6-12/h1-2,4,7-12H,3,5-6H2/b20-11-/t12-/m0/s1. The molecule has 0 radical (unpaired) electrons. The van der Waals surface area contributed by atoms with Crippen molar-refractivity contribution in [3.05, 3.63) is 63.7 Å². The monoisotopic (exact) mass is 349 g/mol. The highest BCUT2D eigenvalue weighted by Gasteiger charge is 2.34. The van der Waals surface area contributed by atoms with E-state index in [0.29, 0.717) is 5.39 Å². The second-order valence-electron chi connectivity index (χ2n) is 6.35. The highest BCUT2D eigenvalue weighted by Crippen LogP contribution is 2.35. The number of carbonyl (C=O) groups is 2. The van der Waals surface area contributed by atoms with E-state index in [1.807, 2.05) is 0 Å². The second kappa shape index (κ2) is 6.18. The number of rotatable bonds is 3. The van der Waals surface area contributed by atoms with E-state index in [4.69, 9.17) is 0 Å². The van der Waals surface area contributed by atoms with Crippen LogP contribution in [0, 0.1) is 16.0 Å². The van der Waals surface area contributed by atoms with Crippen LogP contribution < -0.4 is 0 Å². The van der Waals surface area contributed by atoms with Gasteiger partial charge in [0.25, 0.3) is 17.5 Å². The van der Waals surface area contributed by atoms with Crippen molar-refractivity contribution in [2.45, 2.75) is 19.3 Å². The van der Waals surface area contributed by atoms with Gasteiger partial charge in [-0.05, 0) is 43.4 Å². The molecule has 0 bridgehead atoms. The summed E-state index contributed by atoms with van der Waals surface area (Å²) >= 11 is 0. The summed E-state index contributed by atoms with van der Waals surface area (Å²) in [7, 11) is 0. The first kappa shape index (κ1) is 16.1. The molecule has 0 N–H and O–H groups in total. The number of amides is 2. The van der Waals surface area contributed by atoms with Crippen LogP contribution in [0.1, 0.15) is 40.0 Å². The van der Waals surface area contributed by atoms with Gasteiger partial charge in [0, 0.05) is 17.7 Å². The highest BCUT2D eigenvalue weighted by atomic mass is 16.6. The number of allylic oxidation sites excluding steroid dienone is 2. The topological polar surface area (TPSA) is 92.9 Å².